The van der Waals surface area contributed by atoms with Crippen LogP contribution in [0.3, 0.4) is 0 Å². The van der Waals surface area contributed by atoms with E-state index in [9.17, 15) is 14.0 Å². The van der Waals surface area contributed by atoms with E-state index in [4.69, 9.17) is 23.2 Å². The topological polar surface area (TPSA) is 55.2 Å². The minimum Gasteiger partial charge on any atom is -0.332 e. The van der Waals surface area contributed by atoms with Crippen LogP contribution in [0.4, 0.5) is 4.39 Å². The van der Waals surface area contributed by atoms with Gasteiger partial charge in [-0.25, -0.2) is 9.37 Å². The largest absolute Gasteiger partial charge is 0.332 e. The summed E-state index contributed by atoms with van der Waals surface area (Å²) in [4.78, 5) is 32.7. The van der Waals surface area contributed by atoms with E-state index < -0.39 is 11.9 Å². The molecule has 3 aromatic carbocycles. The number of nitrogens with zero attached hydrogens (tertiary/aromatic N) is 3. The van der Waals surface area contributed by atoms with E-state index in [0.29, 0.717) is 27.4 Å². The highest BCUT2D eigenvalue weighted by Gasteiger charge is 2.26. The van der Waals surface area contributed by atoms with E-state index in [2.05, 4.69) is 4.98 Å². The standard InChI is InChI=1S/C24H18Cl2FN3O2/c1-14(29(2)23(31)18-12-7-15(25)13-20(18)26)22-28-21-6-4-3-5-19(21)24(32)30(22)17-10-8-16(27)9-11-17/h3-14H,1-2H3. The van der Waals surface area contributed by atoms with Crippen LogP contribution < -0.4 is 5.56 Å². The second kappa shape index (κ2) is 8.73. The van der Waals surface area contributed by atoms with E-state index >= 15 is 0 Å². The van der Waals surface area contributed by atoms with E-state index in [-0.39, 0.29) is 22.1 Å². The lowest BCUT2D eigenvalue weighted by Gasteiger charge is -2.27. The number of benzene rings is 3. The van der Waals surface area contributed by atoms with Crippen molar-refractivity contribution in [2.24, 2.45) is 0 Å². The number of carbonyl (C=O) groups is 1. The summed E-state index contributed by atoms with van der Waals surface area (Å²) in [6, 6.07) is 16.5. The van der Waals surface area contributed by atoms with Gasteiger partial charge < -0.3 is 4.90 Å². The highest BCUT2D eigenvalue weighted by Crippen LogP contribution is 2.27. The third-order valence-electron chi connectivity index (χ3n) is 5.32. The van der Waals surface area contributed by atoms with E-state index in [1.807, 2.05) is 0 Å². The third kappa shape index (κ3) is 3.99. The highest BCUT2D eigenvalue weighted by molar-refractivity contribution is 6.36. The molecule has 5 nitrogen and oxygen atoms in total. The Morgan fingerprint density at radius 2 is 1.75 bits per heavy atom. The third-order valence-corrected chi connectivity index (χ3v) is 5.87. The molecule has 1 amide bonds. The zero-order valence-corrected chi connectivity index (χ0v) is 18.7. The van der Waals surface area contributed by atoms with Crippen molar-refractivity contribution in [1.82, 2.24) is 14.5 Å². The Morgan fingerprint density at radius 1 is 1.06 bits per heavy atom. The first-order valence-electron chi connectivity index (χ1n) is 9.78. The van der Waals surface area contributed by atoms with Crippen molar-refractivity contribution in [2.75, 3.05) is 7.05 Å². The summed E-state index contributed by atoms with van der Waals surface area (Å²) in [5, 5.41) is 1.06. The SMILES string of the molecule is CC(c1nc2ccccc2c(=O)n1-c1ccc(F)cc1)N(C)C(=O)c1ccc(Cl)cc1Cl. The average molecular weight is 470 g/mol. The fourth-order valence-electron chi connectivity index (χ4n) is 3.47. The zero-order chi connectivity index (χ0) is 23.0. The summed E-state index contributed by atoms with van der Waals surface area (Å²) in [5.41, 5.74) is 0.918. The Kier molecular flexibility index (Phi) is 6.00. The molecule has 1 heterocycles. The lowest BCUT2D eigenvalue weighted by atomic mass is 10.1. The van der Waals surface area contributed by atoms with Gasteiger partial charge in [0.15, 0.2) is 0 Å². The van der Waals surface area contributed by atoms with Crippen LogP contribution in [0.15, 0.2) is 71.5 Å². The molecule has 0 bridgehead atoms. The van der Waals surface area contributed by atoms with Crippen LogP contribution in [0.2, 0.25) is 10.0 Å². The van der Waals surface area contributed by atoms with E-state index in [1.165, 1.54) is 39.8 Å². The fraction of sp³-hybridized carbons (Fsp3) is 0.125. The fourth-order valence-corrected chi connectivity index (χ4v) is 3.96. The molecule has 0 fully saturated rings. The van der Waals surface area contributed by atoms with Gasteiger partial charge in [0.25, 0.3) is 11.5 Å². The minimum absolute atomic E-state index is 0.226. The maximum absolute atomic E-state index is 13.5. The molecular formula is C24H18Cl2FN3O2. The van der Waals surface area contributed by atoms with Gasteiger partial charge in [0.05, 0.1) is 33.2 Å². The molecule has 4 rings (SSSR count). The first-order chi connectivity index (χ1) is 15.3. The number of para-hydroxylation sites is 1. The second-order valence-electron chi connectivity index (χ2n) is 7.32. The van der Waals surface area contributed by atoms with E-state index in [1.54, 1.807) is 50.4 Å². The average Bonchev–Trinajstić information content (AvgIpc) is 2.78. The molecule has 1 atom stereocenters. The molecule has 0 aliphatic heterocycles. The summed E-state index contributed by atoms with van der Waals surface area (Å²) in [6.07, 6.45) is 0. The number of aromatic nitrogens is 2. The van der Waals surface area contributed by atoms with Crippen molar-refractivity contribution in [3.05, 3.63) is 104 Å². The predicted octanol–water partition coefficient (Wildman–Crippen LogP) is 5.66. The van der Waals surface area contributed by atoms with Crippen LogP contribution in [0, 0.1) is 5.82 Å². The van der Waals surface area contributed by atoms with Gasteiger partial charge in [0, 0.05) is 12.1 Å². The number of hydrogen-bond acceptors (Lipinski definition) is 3. The monoisotopic (exact) mass is 469 g/mol. The summed E-state index contributed by atoms with van der Waals surface area (Å²) >= 11 is 12.2. The van der Waals surface area contributed by atoms with Gasteiger partial charge in [0.2, 0.25) is 0 Å². The van der Waals surface area contributed by atoms with Crippen molar-refractivity contribution in [1.29, 1.82) is 0 Å². The smallest absolute Gasteiger partial charge is 0.266 e. The van der Waals surface area contributed by atoms with Crippen molar-refractivity contribution < 1.29 is 9.18 Å². The maximum Gasteiger partial charge on any atom is 0.266 e. The van der Waals surface area contributed by atoms with Gasteiger partial charge in [-0.15, -0.1) is 0 Å². The second-order valence-corrected chi connectivity index (χ2v) is 8.16. The lowest BCUT2D eigenvalue weighted by molar-refractivity contribution is 0.0735. The van der Waals surface area contributed by atoms with Gasteiger partial charge >= 0.3 is 0 Å². The van der Waals surface area contributed by atoms with Gasteiger partial charge in [-0.3, -0.25) is 14.2 Å². The normalized spacial score (nSPS) is 12.0. The molecule has 162 valence electrons. The molecule has 4 aromatic rings. The Hall–Kier alpha value is -3.22. The van der Waals surface area contributed by atoms with Crippen molar-refractivity contribution in [3.8, 4) is 5.69 Å². The van der Waals surface area contributed by atoms with Crippen LogP contribution in [-0.4, -0.2) is 27.4 Å². The molecule has 1 aromatic heterocycles. The number of carbonyl (C=O) groups excluding carboxylic acids is 1. The molecule has 0 saturated heterocycles. The predicted molar refractivity (Wildman–Crippen MR) is 124 cm³/mol. The van der Waals surface area contributed by atoms with Gasteiger partial charge in [-0.2, -0.15) is 0 Å². The number of rotatable bonds is 4. The Labute approximate surface area is 193 Å². The first kappa shape index (κ1) is 22.0. The Morgan fingerprint density at radius 3 is 2.44 bits per heavy atom. The summed E-state index contributed by atoms with van der Waals surface area (Å²) in [7, 11) is 1.61. The van der Waals surface area contributed by atoms with E-state index in [0.717, 1.165) is 0 Å². The molecule has 0 N–H and O–H groups in total. The number of fused-ring (bicyclic) bond motifs is 1. The lowest BCUT2D eigenvalue weighted by Crippen LogP contribution is -2.35. The van der Waals surface area contributed by atoms with Crippen molar-refractivity contribution in [3.63, 3.8) is 0 Å². The minimum atomic E-state index is -0.614. The molecule has 8 heteroatoms. The maximum atomic E-state index is 13.5. The van der Waals surface area contributed by atoms with Crippen LogP contribution in [0.1, 0.15) is 29.1 Å². The molecule has 0 aliphatic carbocycles. The molecule has 0 aliphatic rings. The first-order valence-corrected chi connectivity index (χ1v) is 10.5. The van der Waals surface area contributed by atoms with Gasteiger partial charge in [0.1, 0.15) is 11.6 Å². The molecule has 0 radical (unpaired) electrons. The quantitative estimate of drug-likeness (QED) is 0.387. The van der Waals surface area contributed by atoms with Crippen LogP contribution in [0.25, 0.3) is 16.6 Å². The number of halogens is 3. The zero-order valence-electron chi connectivity index (χ0n) is 17.2. The Bertz CT molecular complexity index is 1390. The van der Waals surface area contributed by atoms with Crippen molar-refractivity contribution >= 4 is 40.0 Å². The molecule has 0 spiro atoms. The number of hydrogen-bond donors (Lipinski definition) is 0. The van der Waals surface area contributed by atoms with Crippen molar-refractivity contribution in [2.45, 2.75) is 13.0 Å². The summed E-state index contributed by atoms with van der Waals surface area (Å²) in [6.45, 7) is 1.76. The van der Waals surface area contributed by atoms with Crippen LogP contribution >= 0.6 is 23.2 Å². The van der Waals surface area contributed by atoms with Crippen LogP contribution in [-0.2, 0) is 0 Å². The molecule has 32 heavy (non-hydrogen) atoms. The van der Waals surface area contributed by atoms with Crippen LogP contribution in [0.5, 0.6) is 0 Å². The van der Waals surface area contributed by atoms with Gasteiger partial charge in [-0.1, -0.05) is 35.3 Å². The Balaban J connectivity index is 1.86. The molecule has 0 saturated carbocycles. The summed E-state index contributed by atoms with van der Waals surface area (Å²) < 4.78 is 14.9. The highest BCUT2D eigenvalue weighted by atomic mass is 35.5. The summed E-state index contributed by atoms with van der Waals surface area (Å²) in [5.74, 6) is -0.441. The molecule has 1 unspecified atom stereocenters. The number of amides is 1. The van der Waals surface area contributed by atoms with Gasteiger partial charge in [-0.05, 0) is 61.5 Å². The molecular weight excluding hydrogens is 452 g/mol.